The number of benzene rings is 1. The van der Waals surface area contributed by atoms with Gasteiger partial charge in [-0.05, 0) is 82.6 Å². The molecule has 4 atom stereocenters. The van der Waals surface area contributed by atoms with Crippen molar-refractivity contribution in [2.45, 2.75) is 57.0 Å². The maximum atomic E-state index is 12.9. The van der Waals surface area contributed by atoms with Crippen LogP contribution in [0.4, 0.5) is 5.69 Å². The van der Waals surface area contributed by atoms with Crippen LogP contribution < -0.4 is 4.90 Å². The van der Waals surface area contributed by atoms with E-state index < -0.39 is 0 Å². The Kier molecular flexibility index (Phi) is 6.51. The molecule has 5 rings (SSSR count). The Balaban J connectivity index is 1.10. The molecule has 0 radical (unpaired) electrons. The summed E-state index contributed by atoms with van der Waals surface area (Å²) < 4.78 is 0. The number of hydrogen-bond donors (Lipinski definition) is 0. The van der Waals surface area contributed by atoms with Crippen molar-refractivity contribution in [3.05, 3.63) is 30.3 Å². The van der Waals surface area contributed by atoms with Gasteiger partial charge in [0.2, 0.25) is 5.91 Å². The molecule has 5 nitrogen and oxygen atoms in total. The maximum Gasteiger partial charge on any atom is 0.222 e. The SMILES string of the molecule is CN1C[C@@H]2CCCN3CCC[C@@H]([C@H]23)[C@H]1CCCC(=O)N1CCN(c2ccccc2)CC1. The highest BCUT2D eigenvalue weighted by atomic mass is 16.2. The van der Waals surface area contributed by atoms with Gasteiger partial charge in [0.15, 0.2) is 0 Å². The lowest BCUT2D eigenvalue weighted by atomic mass is 9.69. The van der Waals surface area contributed by atoms with Crippen molar-refractivity contribution in [2.24, 2.45) is 11.8 Å². The molecule has 170 valence electrons. The highest BCUT2D eigenvalue weighted by molar-refractivity contribution is 5.76. The van der Waals surface area contributed by atoms with E-state index in [2.05, 4.69) is 57.0 Å². The molecule has 1 aromatic carbocycles. The molecule has 0 saturated carbocycles. The molecule has 0 aromatic heterocycles. The number of likely N-dealkylation sites (tertiary alicyclic amines) is 1. The molecule has 5 heteroatoms. The summed E-state index contributed by atoms with van der Waals surface area (Å²) in [6, 6.07) is 12.1. The van der Waals surface area contributed by atoms with Gasteiger partial charge in [-0.25, -0.2) is 0 Å². The number of carbonyl (C=O) groups excluding carboxylic acids is 1. The fourth-order valence-electron chi connectivity index (χ4n) is 7.12. The highest BCUT2D eigenvalue weighted by Gasteiger charge is 2.47. The van der Waals surface area contributed by atoms with Crippen LogP contribution in [0.3, 0.4) is 0 Å². The third-order valence-electron chi connectivity index (χ3n) is 8.57. The van der Waals surface area contributed by atoms with Crippen molar-refractivity contribution >= 4 is 11.6 Å². The summed E-state index contributed by atoms with van der Waals surface area (Å²) in [7, 11) is 2.35. The third kappa shape index (κ3) is 4.49. The van der Waals surface area contributed by atoms with Gasteiger partial charge in [-0.2, -0.15) is 0 Å². The van der Waals surface area contributed by atoms with Crippen molar-refractivity contribution in [3.63, 3.8) is 0 Å². The number of piperidine rings is 3. The Bertz CT molecular complexity index is 730. The van der Waals surface area contributed by atoms with Crippen LogP contribution in [0.15, 0.2) is 30.3 Å². The van der Waals surface area contributed by atoms with Crippen LogP contribution in [-0.2, 0) is 4.79 Å². The maximum absolute atomic E-state index is 12.9. The summed E-state index contributed by atoms with van der Waals surface area (Å²) in [6.07, 6.45) is 8.51. The van der Waals surface area contributed by atoms with E-state index >= 15 is 0 Å². The van der Waals surface area contributed by atoms with Crippen molar-refractivity contribution in [3.8, 4) is 0 Å². The van der Waals surface area contributed by atoms with Crippen molar-refractivity contribution < 1.29 is 4.79 Å². The van der Waals surface area contributed by atoms with Crippen LogP contribution in [-0.4, -0.2) is 85.6 Å². The first-order valence-electron chi connectivity index (χ1n) is 12.7. The molecule has 4 heterocycles. The lowest BCUT2D eigenvalue weighted by Gasteiger charge is -2.57. The molecule has 1 amide bonds. The Hall–Kier alpha value is -1.59. The van der Waals surface area contributed by atoms with Crippen LogP contribution >= 0.6 is 0 Å². The summed E-state index contributed by atoms with van der Waals surface area (Å²) in [5.41, 5.74) is 1.28. The van der Waals surface area contributed by atoms with Crippen LogP contribution in [0.25, 0.3) is 0 Å². The predicted octanol–water partition coefficient (Wildman–Crippen LogP) is 3.31. The highest BCUT2D eigenvalue weighted by Crippen LogP contribution is 2.42. The topological polar surface area (TPSA) is 30.0 Å². The van der Waals surface area contributed by atoms with Crippen LogP contribution in [0, 0.1) is 11.8 Å². The summed E-state index contributed by atoms with van der Waals surface area (Å²) in [4.78, 5) is 22.9. The largest absolute Gasteiger partial charge is 0.368 e. The minimum absolute atomic E-state index is 0.368. The summed E-state index contributed by atoms with van der Waals surface area (Å²) in [5.74, 6) is 2.07. The molecule has 0 aliphatic carbocycles. The number of piperazine rings is 1. The van der Waals surface area contributed by atoms with Gasteiger partial charge in [-0.1, -0.05) is 18.2 Å². The predicted molar refractivity (Wildman–Crippen MR) is 126 cm³/mol. The van der Waals surface area contributed by atoms with Gasteiger partial charge in [0.05, 0.1) is 0 Å². The molecule has 4 aliphatic heterocycles. The van der Waals surface area contributed by atoms with E-state index in [9.17, 15) is 4.79 Å². The molecule has 31 heavy (non-hydrogen) atoms. The van der Waals surface area contributed by atoms with Gasteiger partial charge in [0, 0.05) is 56.9 Å². The molecule has 4 aliphatic rings. The van der Waals surface area contributed by atoms with Crippen LogP contribution in [0.2, 0.25) is 0 Å². The van der Waals surface area contributed by atoms with E-state index in [4.69, 9.17) is 0 Å². The summed E-state index contributed by atoms with van der Waals surface area (Å²) in [5, 5.41) is 0. The fourth-order valence-corrected chi connectivity index (χ4v) is 7.12. The van der Waals surface area contributed by atoms with E-state index in [-0.39, 0.29) is 0 Å². The van der Waals surface area contributed by atoms with Gasteiger partial charge in [0.25, 0.3) is 0 Å². The average Bonchev–Trinajstić information content (AvgIpc) is 2.82. The lowest BCUT2D eigenvalue weighted by molar-refractivity contribution is -0.131. The molecule has 0 spiro atoms. The Labute approximate surface area is 188 Å². The third-order valence-corrected chi connectivity index (χ3v) is 8.57. The van der Waals surface area contributed by atoms with E-state index in [0.717, 1.165) is 56.9 Å². The van der Waals surface area contributed by atoms with Crippen LogP contribution in [0.1, 0.15) is 44.9 Å². The molecule has 0 unspecified atom stereocenters. The number of para-hydroxylation sites is 1. The first-order valence-corrected chi connectivity index (χ1v) is 12.7. The van der Waals surface area contributed by atoms with E-state index in [0.29, 0.717) is 11.9 Å². The quantitative estimate of drug-likeness (QED) is 0.725. The molecule has 4 fully saturated rings. The van der Waals surface area contributed by atoms with Gasteiger partial charge in [-0.3, -0.25) is 9.69 Å². The Morgan fingerprint density at radius 1 is 0.968 bits per heavy atom. The van der Waals surface area contributed by atoms with E-state index in [1.54, 1.807) is 0 Å². The van der Waals surface area contributed by atoms with Crippen molar-refractivity contribution in [1.82, 2.24) is 14.7 Å². The van der Waals surface area contributed by atoms with Gasteiger partial charge in [-0.15, -0.1) is 0 Å². The zero-order chi connectivity index (χ0) is 21.2. The minimum atomic E-state index is 0.368. The zero-order valence-electron chi connectivity index (χ0n) is 19.3. The molecular weight excluding hydrogens is 384 g/mol. The summed E-state index contributed by atoms with van der Waals surface area (Å²) >= 11 is 0. The molecule has 0 N–H and O–H groups in total. The second-order valence-electron chi connectivity index (χ2n) is 10.3. The first kappa shape index (κ1) is 21.3. The number of carbonyl (C=O) groups is 1. The first-order chi connectivity index (χ1) is 15.2. The normalized spacial score (nSPS) is 32.0. The number of amides is 1. The fraction of sp³-hybridized carbons (Fsp3) is 0.731. The lowest BCUT2D eigenvalue weighted by Crippen LogP contribution is -2.63. The van der Waals surface area contributed by atoms with E-state index in [1.165, 1.54) is 57.4 Å². The Morgan fingerprint density at radius 2 is 1.71 bits per heavy atom. The molecule has 4 saturated heterocycles. The smallest absolute Gasteiger partial charge is 0.222 e. The van der Waals surface area contributed by atoms with Gasteiger partial charge < -0.3 is 14.7 Å². The minimum Gasteiger partial charge on any atom is -0.368 e. The average molecular weight is 425 g/mol. The monoisotopic (exact) mass is 424 g/mol. The number of hydrogen-bond acceptors (Lipinski definition) is 4. The van der Waals surface area contributed by atoms with E-state index in [1.807, 2.05) is 0 Å². The second-order valence-corrected chi connectivity index (χ2v) is 10.3. The van der Waals surface area contributed by atoms with Crippen LogP contribution in [0.5, 0.6) is 0 Å². The van der Waals surface area contributed by atoms with Crippen molar-refractivity contribution in [2.75, 3.05) is 57.8 Å². The number of nitrogens with zero attached hydrogens (tertiary/aromatic N) is 4. The van der Waals surface area contributed by atoms with Crippen molar-refractivity contribution in [1.29, 1.82) is 0 Å². The zero-order valence-corrected chi connectivity index (χ0v) is 19.3. The van der Waals surface area contributed by atoms with Gasteiger partial charge in [0.1, 0.15) is 0 Å². The second kappa shape index (κ2) is 9.50. The number of rotatable bonds is 5. The molecule has 0 bridgehead atoms. The molecular formula is C26H40N4O. The molecule has 1 aromatic rings. The standard InChI is InChI=1S/C26H40N4O/c1-27-20-21-8-6-14-30-15-7-11-23(26(21)30)24(27)12-5-13-25(31)29-18-16-28(17-19-29)22-9-3-2-4-10-22/h2-4,9-10,21,23-24,26H,5-8,11-20H2,1H3/t21-,23+,24+,26-/m0/s1. The Morgan fingerprint density at radius 3 is 2.48 bits per heavy atom. The number of anilines is 1. The van der Waals surface area contributed by atoms with Gasteiger partial charge >= 0.3 is 0 Å². The summed E-state index contributed by atoms with van der Waals surface area (Å²) in [6.45, 7) is 7.52.